The minimum absolute atomic E-state index is 0.569. The SMILES string of the molecule is N#CC(=O)/C=C/c1cccc(Cl)c1. The zero-order valence-corrected chi connectivity index (χ0v) is 7.45. The molecule has 0 aliphatic carbocycles. The van der Waals surface area contributed by atoms with Gasteiger partial charge in [-0.15, -0.1) is 0 Å². The molecule has 2 nitrogen and oxygen atoms in total. The maximum atomic E-state index is 10.6. The molecule has 0 aromatic heterocycles. The van der Waals surface area contributed by atoms with Crippen molar-refractivity contribution < 1.29 is 4.79 Å². The van der Waals surface area contributed by atoms with Gasteiger partial charge in [-0.2, -0.15) is 5.26 Å². The zero-order valence-electron chi connectivity index (χ0n) is 6.70. The fourth-order valence-electron chi connectivity index (χ4n) is 0.819. The molecule has 0 N–H and O–H groups in total. The second-order valence-corrected chi connectivity index (χ2v) is 2.80. The summed E-state index contributed by atoms with van der Waals surface area (Å²) >= 11 is 5.71. The monoisotopic (exact) mass is 191 g/mol. The summed E-state index contributed by atoms with van der Waals surface area (Å²) in [6, 6.07) is 8.52. The van der Waals surface area contributed by atoms with E-state index in [1.165, 1.54) is 12.1 Å². The Morgan fingerprint density at radius 2 is 2.31 bits per heavy atom. The Morgan fingerprint density at radius 1 is 1.54 bits per heavy atom. The fraction of sp³-hybridized carbons (Fsp3) is 0. The van der Waals surface area contributed by atoms with Crippen LogP contribution in [0.15, 0.2) is 30.3 Å². The predicted molar refractivity (Wildman–Crippen MR) is 51.1 cm³/mol. The largest absolute Gasteiger partial charge is 0.278 e. The molecule has 0 saturated heterocycles. The lowest BCUT2D eigenvalue weighted by Gasteiger charge is -1.91. The van der Waals surface area contributed by atoms with E-state index in [-0.39, 0.29) is 0 Å². The molecule has 0 saturated carbocycles. The maximum absolute atomic E-state index is 10.6. The van der Waals surface area contributed by atoms with Gasteiger partial charge in [0, 0.05) is 5.02 Å². The van der Waals surface area contributed by atoms with Crippen LogP contribution in [-0.2, 0) is 4.79 Å². The topological polar surface area (TPSA) is 40.9 Å². The molecule has 0 heterocycles. The first-order valence-corrected chi connectivity index (χ1v) is 3.98. The van der Waals surface area contributed by atoms with Crippen molar-refractivity contribution in [2.75, 3.05) is 0 Å². The first-order chi connectivity index (χ1) is 6.22. The van der Waals surface area contributed by atoms with Crippen molar-refractivity contribution in [2.24, 2.45) is 0 Å². The standard InChI is InChI=1S/C10H6ClNO/c11-9-3-1-2-8(6-9)4-5-10(13)7-12/h1-6H/b5-4+. The number of benzene rings is 1. The van der Waals surface area contributed by atoms with Gasteiger partial charge in [0.25, 0.3) is 5.78 Å². The Morgan fingerprint density at radius 3 is 2.92 bits per heavy atom. The molecule has 13 heavy (non-hydrogen) atoms. The average molecular weight is 192 g/mol. The molecular weight excluding hydrogens is 186 g/mol. The third-order valence-corrected chi connectivity index (χ3v) is 1.62. The van der Waals surface area contributed by atoms with Crippen LogP contribution in [-0.4, -0.2) is 5.78 Å². The van der Waals surface area contributed by atoms with E-state index in [0.29, 0.717) is 5.02 Å². The molecule has 0 aliphatic rings. The Balaban J connectivity index is 2.81. The summed E-state index contributed by atoms with van der Waals surface area (Å²) in [6.45, 7) is 0. The summed E-state index contributed by atoms with van der Waals surface area (Å²) in [5.74, 6) is -0.569. The molecular formula is C10H6ClNO. The molecule has 0 radical (unpaired) electrons. The minimum atomic E-state index is -0.569. The molecule has 3 heteroatoms. The lowest BCUT2D eigenvalue weighted by molar-refractivity contribution is -0.109. The number of nitrogens with zero attached hydrogens (tertiary/aromatic N) is 1. The Hall–Kier alpha value is -1.59. The molecule has 1 rings (SSSR count). The van der Waals surface area contributed by atoms with Gasteiger partial charge in [-0.1, -0.05) is 29.8 Å². The van der Waals surface area contributed by atoms with Crippen LogP contribution >= 0.6 is 11.6 Å². The average Bonchev–Trinajstić information content (AvgIpc) is 2.14. The van der Waals surface area contributed by atoms with E-state index in [2.05, 4.69) is 0 Å². The van der Waals surface area contributed by atoms with Gasteiger partial charge in [0.15, 0.2) is 0 Å². The van der Waals surface area contributed by atoms with Crippen molar-refractivity contribution in [1.29, 1.82) is 5.26 Å². The van der Waals surface area contributed by atoms with E-state index in [0.717, 1.165) is 5.56 Å². The summed E-state index contributed by atoms with van der Waals surface area (Å²) in [7, 11) is 0. The summed E-state index contributed by atoms with van der Waals surface area (Å²) in [5.41, 5.74) is 0.802. The predicted octanol–water partition coefficient (Wildman–Crippen LogP) is 2.45. The van der Waals surface area contributed by atoms with Gasteiger partial charge in [0.2, 0.25) is 0 Å². The van der Waals surface area contributed by atoms with E-state index in [9.17, 15) is 4.79 Å². The third-order valence-electron chi connectivity index (χ3n) is 1.39. The van der Waals surface area contributed by atoms with Crippen LogP contribution in [0.25, 0.3) is 6.08 Å². The normalized spacial score (nSPS) is 9.85. The summed E-state index contributed by atoms with van der Waals surface area (Å²) < 4.78 is 0. The first-order valence-electron chi connectivity index (χ1n) is 3.60. The molecule has 1 aromatic carbocycles. The van der Waals surface area contributed by atoms with Crippen LogP contribution in [0.2, 0.25) is 5.02 Å². The van der Waals surface area contributed by atoms with E-state index in [4.69, 9.17) is 16.9 Å². The van der Waals surface area contributed by atoms with Crippen molar-refractivity contribution in [3.05, 3.63) is 40.9 Å². The number of carbonyl (C=O) groups excluding carboxylic acids is 1. The van der Waals surface area contributed by atoms with Crippen LogP contribution in [0.4, 0.5) is 0 Å². The van der Waals surface area contributed by atoms with Crippen molar-refractivity contribution in [2.45, 2.75) is 0 Å². The first kappa shape index (κ1) is 9.50. The quantitative estimate of drug-likeness (QED) is 0.532. The highest BCUT2D eigenvalue weighted by Crippen LogP contribution is 2.11. The number of hydrogen-bond donors (Lipinski definition) is 0. The Bertz CT molecular complexity index is 390. The number of allylic oxidation sites excluding steroid dienone is 1. The number of nitriles is 1. The molecule has 0 amide bonds. The zero-order chi connectivity index (χ0) is 9.68. The van der Waals surface area contributed by atoms with Crippen LogP contribution < -0.4 is 0 Å². The molecule has 0 unspecified atom stereocenters. The summed E-state index contributed by atoms with van der Waals surface area (Å²) in [5, 5.41) is 8.79. The van der Waals surface area contributed by atoms with Crippen LogP contribution in [0, 0.1) is 11.3 Å². The maximum Gasteiger partial charge on any atom is 0.255 e. The van der Waals surface area contributed by atoms with Gasteiger partial charge in [-0.05, 0) is 23.8 Å². The highest BCUT2D eigenvalue weighted by Gasteiger charge is 1.91. The van der Waals surface area contributed by atoms with Gasteiger partial charge in [-0.25, -0.2) is 0 Å². The van der Waals surface area contributed by atoms with Gasteiger partial charge in [0.05, 0.1) is 0 Å². The molecule has 1 aromatic rings. The van der Waals surface area contributed by atoms with E-state index >= 15 is 0 Å². The van der Waals surface area contributed by atoms with Crippen LogP contribution in [0.3, 0.4) is 0 Å². The number of rotatable bonds is 2. The van der Waals surface area contributed by atoms with Crippen molar-refractivity contribution in [3.63, 3.8) is 0 Å². The van der Waals surface area contributed by atoms with Gasteiger partial charge in [0.1, 0.15) is 6.07 Å². The van der Waals surface area contributed by atoms with Gasteiger partial charge < -0.3 is 0 Å². The van der Waals surface area contributed by atoms with Crippen LogP contribution in [0.5, 0.6) is 0 Å². The summed E-state index contributed by atoms with van der Waals surface area (Å²) in [4.78, 5) is 10.6. The lowest BCUT2D eigenvalue weighted by atomic mass is 10.2. The second kappa shape index (κ2) is 4.44. The molecule has 0 aliphatic heterocycles. The smallest absolute Gasteiger partial charge is 0.255 e. The molecule has 0 atom stereocenters. The van der Waals surface area contributed by atoms with Crippen LogP contribution in [0.1, 0.15) is 5.56 Å². The Labute approximate surface area is 81.1 Å². The van der Waals surface area contributed by atoms with E-state index < -0.39 is 5.78 Å². The summed E-state index contributed by atoms with van der Waals surface area (Å²) in [6.07, 6.45) is 2.77. The second-order valence-electron chi connectivity index (χ2n) is 2.36. The van der Waals surface area contributed by atoms with Crippen molar-refractivity contribution in [3.8, 4) is 6.07 Å². The molecule has 64 valence electrons. The number of carbonyl (C=O) groups is 1. The number of ketones is 1. The fourth-order valence-corrected chi connectivity index (χ4v) is 1.02. The van der Waals surface area contributed by atoms with Crippen molar-refractivity contribution >= 4 is 23.5 Å². The molecule has 0 bridgehead atoms. The van der Waals surface area contributed by atoms with E-state index in [1.807, 2.05) is 0 Å². The molecule has 0 fully saturated rings. The number of hydrogen-bond acceptors (Lipinski definition) is 2. The minimum Gasteiger partial charge on any atom is -0.278 e. The third kappa shape index (κ3) is 3.10. The Kier molecular flexibility index (Phi) is 3.24. The van der Waals surface area contributed by atoms with E-state index in [1.54, 1.807) is 30.3 Å². The highest BCUT2D eigenvalue weighted by molar-refractivity contribution is 6.30. The van der Waals surface area contributed by atoms with Gasteiger partial charge >= 0.3 is 0 Å². The van der Waals surface area contributed by atoms with Crippen molar-refractivity contribution in [1.82, 2.24) is 0 Å². The van der Waals surface area contributed by atoms with Gasteiger partial charge in [-0.3, -0.25) is 4.79 Å². The highest BCUT2D eigenvalue weighted by atomic mass is 35.5. The molecule has 0 spiro atoms. The number of halogens is 1. The lowest BCUT2D eigenvalue weighted by Crippen LogP contribution is -1.83.